The van der Waals surface area contributed by atoms with Gasteiger partial charge in [0.1, 0.15) is 11.8 Å². The maximum Gasteiger partial charge on any atom is 0.140 e. The molecule has 0 aliphatic rings. The molecule has 0 aliphatic heterocycles. The molecule has 0 amide bonds. The molecule has 0 spiro atoms. The van der Waals surface area contributed by atoms with Crippen molar-refractivity contribution >= 4 is 11.6 Å². The van der Waals surface area contributed by atoms with Gasteiger partial charge in [0.2, 0.25) is 0 Å². The van der Waals surface area contributed by atoms with Gasteiger partial charge in [0.05, 0.1) is 0 Å². The highest BCUT2D eigenvalue weighted by atomic mass is 35.5. The van der Waals surface area contributed by atoms with Crippen LogP contribution in [0.3, 0.4) is 0 Å². The molecule has 1 aromatic carbocycles. The summed E-state index contributed by atoms with van der Waals surface area (Å²) in [6, 6.07) is 13.6. The number of benzene rings is 1. The van der Waals surface area contributed by atoms with Crippen molar-refractivity contribution in [1.29, 1.82) is 5.26 Å². The summed E-state index contributed by atoms with van der Waals surface area (Å²) in [4.78, 5) is 6.11. The molecule has 0 atom stereocenters. The summed E-state index contributed by atoms with van der Waals surface area (Å²) in [5, 5.41) is 9.60. The Morgan fingerprint density at radius 2 is 2.05 bits per heavy atom. The van der Waals surface area contributed by atoms with Crippen molar-refractivity contribution in [2.45, 2.75) is 13.1 Å². The average molecular weight is 272 g/mol. The van der Waals surface area contributed by atoms with Crippen LogP contribution in [0.5, 0.6) is 0 Å². The third-order valence-electron chi connectivity index (χ3n) is 2.79. The molecule has 0 bridgehead atoms. The summed E-state index contributed by atoms with van der Waals surface area (Å²) < 4.78 is 0. The molecular formula is C15H14ClN3. The maximum atomic E-state index is 8.82. The highest BCUT2D eigenvalue weighted by molar-refractivity contribution is 6.31. The zero-order valence-corrected chi connectivity index (χ0v) is 11.4. The van der Waals surface area contributed by atoms with Crippen LogP contribution in [0, 0.1) is 11.3 Å². The predicted octanol–water partition coefficient (Wildman–Crippen LogP) is 3.24. The number of hydrogen-bond acceptors (Lipinski definition) is 3. The van der Waals surface area contributed by atoms with Crippen LogP contribution >= 0.6 is 11.6 Å². The summed E-state index contributed by atoms with van der Waals surface area (Å²) in [5.74, 6) is 0. The molecule has 4 heteroatoms. The molecule has 96 valence electrons. The van der Waals surface area contributed by atoms with E-state index in [1.165, 1.54) is 0 Å². The molecule has 0 unspecified atom stereocenters. The van der Waals surface area contributed by atoms with Gasteiger partial charge < -0.3 is 0 Å². The minimum atomic E-state index is 0.448. The first-order valence-electron chi connectivity index (χ1n) is 5.96. The van der Waals surface area contributed by atoms with Crippen LogP contribution in [0.4, 0.5) is 0 Å². The van der Waals surface area contributed by atoms with E-state index in [0.29, 0.717) is 5.69 Å². The molecule has 1 heterocycles. The van der Waals surface area contributed by atoms with Crippen molar-refractivity contribution in [3.8, 4) is 6.07 Å². The third kappa shape index (κ3) is 3.78. The van der Waals surface area contributed by atoms with Crippen LogP contribution in [-0.2, 0) is 13.1 Å². The van der Waals surface area contributed by atoms with E-state index < -0.39 is 0 Å². The van der Waals surface area contributed by atoms with Gasteiger partial charge >= 0.3 is 0 Å². The highest BCUT2D eigenvalue weighted by Crippen LogP contribution is 2.17. The Balaban J connectivity index is 2.03. The fraction of sp³-hybridized carbons (Fsp3) is 0.200. The zero-order valence-electron chi connectivity index (χ0n) is 10.7. The lowest BCUT2D eigenvalue weighted by molar-refractivity contribution is 0.319. The van der Waals surface area contributed by atoms with Crippen molar-refractivity contribution in [1.82, 2.24) is 9.88 Å². The van der Waals surface area contributed by atoms with E-state index in [4.69, 9.17) is 16.9 Å². The molecule has 0 fully saturated rings. The van der Waals surface area contributed by atoms with Crippen molar-refractivity contribution in [2.75, 3.05) is 7.05 Å². The fourth-order valence-corrected chi connectivity index (χ4v) is 2.11. The first kappa shape index (κ1) is 13.5. The van der Waals surface area contributed by atoms with E-state index in [2.05, 4.69) is 9.88 Å². The molecule has 2 rings (SSSR count). The van der Waals surface area contributed by atoms with Crippen molar-refractivity contribution in [3.63, 3.8) is 0 Å². The van der Waals surface area contributed by atoms with E-state index in [1.807, 2.05) is 49.5 Å². The predicted molar refractivity (Wildman–Crippen MR) is 75.6 cm³/mol. The SMILES string of the molecule is CN(Cc1ccnc(C#N)c1)Cc1ccccc1Cl. The second-order valence-corrected chi connectivity index (χ2v) is 4.83. The minimum Gasteiger partial charge on any atom is -0.298 e. The lowest BCUT2D eigenvalue weighted by atomic mass is 10.2. The van der Waals surface area contributed by atoms with E-state index in [1.54, 1.807) is 6.20 Å². The molecule has 0 saturated heterocycles. The summed E-state index contributed by atoms with van der Waals surface area (Å²) in [7, 11) is 2.02. The molecular weight excluding hydrogens is 258 g/mol. The molecule has 0 radical (unpaired) electrons. The Bertz CT molecular complexity index is 604. The topological polar surface area (TPSA) is 39.9 Å². The zero-order chi connectivity index (χ0) is 13.7. The first-order valence-corrected chi connectivity index (χ1v) is 6.34. The highest BCUT2D eigenvalue weighted by Gasteiger charge is 2.05. The van der Waals surface area contributed by atoms with Gasteiger partial charge in [-0.25, -0.2) is 4.98 Å². The number of rotatable bonds is 4. The fourth-order valence-electron chi connectivity index (χ4n) is 1.92. The van der Waals surface area contributed by atoms with Gasteiger partial charge in [-0.2, -0.15) is 5.26 Å². The van der Waals surface area contributed by atoms with Gasteiger partial charge in [-0.1, -0.05) is 29.8 Å². The molecule has 0 saturated carbocycles. The van der Waals surface area contributed by atoms with Crippen molar-refractivity contribution in [3.05, 3.63) is 64.4 Å². The largest absolute Gasteiger partial charge is 0.298 e. The molecule has 3 nitrogen and oxygen atoms in total. The molecule has 19 heavy (non-hydrogen) atoms. The average Bonchev–Trinajstić information content (AvgIpc) is 2.41. The van der Waals surface area contributed by atoms with Crippen molar-refractivity contribution in [2.24, 2.45) is 0 Å². The van der Waals surface area contributed by atoms with E-state index in [9.17, 15) is 0 Å². The van der Waals surface area contributed by atoms with Gasteiger partial charge in [-0.15, -0.1) is 0 Å². The molecule has 1 aromatic heterocycles. The van der Waals surface area contributed by atoms with E-state index in [-0.39, 0.29) is 0 Å². The van der Waals surface area contributed by atoms with Crippen LogP contribution in [0.1, 0.15) is 16.8 Å². The van der Waals surface area contributed by atoms with Crippen LogP contribution in [0.15, 0.2) is 42.6 Å². The lowest BCUT2D eigenvalue weighted by Gasteiger charge is -2.17. The summed E-state index contributed by atoms with van der Waals surface area (Å²) >= 11 is 6.14. The second-order valence-electron chi connectivity index (χ2n) is 4.42. The minimum absolute atomic E-state index is 0.448. The monoisotopic (exact) mass is 271 g/mol. The number of nitrogens with zero attached hydrogens (tertiary/aromatic N) is 3. The van der Waals surface area contributed by atoms with E-state index in [0.717, 1.165) is 29.2 Å². The van der Waals surface area contributed by atoms with Crippen LogP contribution < -0.4 is 0 Å². The Morgan fingerprint density at radius 3 is 2.79 bits per heavy atom. The third-order valence-corrected chi connectivity index (χ3v) is 3.16. The Kier molecular flexibility index (Phi) is 4.51. The Hall–Kier alpha value is -1.89. The summed E-state index contributed by atoms with van der Waals surface area (Å²) in [5.41, 5.74) is 2.62. The van der Waals surface area contributed by atoms with Crippen LogP contribution in [-0.4, -0.2) is 16.9 Å². The summed E-state index contributed by atoms with van der Waals surface area (Å²) in [6.07, 6.45) is 1.66. The number of halogens is 1. The normalized spacial score (nSPS) is 10.4. The van der Waals surface area contributed by atoms with Gasteiger partial charge in [0.25, 0.3) is 0 Å². The van der Waals surface area contributed by atoms with Crippen LogP contribution in [0.25, 0.3) is 0 Å². The van der Waals surface area contributed by atoms with Gasteiger partial charge in [-0.3, -0.25) is 4.90 Å². The molecule has 0 aliphatic carbocycles. The van der Waals surface area contributed by atoms with Gasteiger partial charge in [0.15, 0.2) is 0 Å². The van der Waals surface area contributed by atoms with E-state index >= 15 is 0 Å². The van der Waals surface area contributed by atoms with Gasteiger partial charge in [0, 0.05) is 24.3 Å². The lowest BCUT2D eigenvalue weighted by Crippen LogP contribution is -2.17. The number of pyridine rings is 1. The summed E-state index contributed by atoms with van der Waals surface area (Å²) in [6.45, 7) is 1.52. The Labute approximate surface area is 118 Å². The van der Waals surface area contributed by atoms with Gasteiger partial charge in [-0.05, 0) is 36.4 Å². The second kappa shape index (κ2) is 6.33. The first-order chi connectivity index (χ1) is 9.19. The number of aromatic nitrogens is 1. The van der Waals surface area contributed by atoms with Crippen LogP contribution in [0.2, 0.25) is 5.02 Å². The number of nitriles is 1. The molecule has 2 aromatic rings. The quantitative estimate of drug-likeness (QED) is 0.857. The number of hydrogen-bond donors (Lipinski definition) is 0. The van der Waals surface area contributed by atoms with Crippen molar-refractivity contribution < 1.29 is 0 Å². The Morgan fingerprint density at radius 1 is 1.26 bits per heavy atom. The smallest absolute Gasteiger partial charge is 0.140 e. The maximum absolute atomic E-state index is 8.82. The standard InChI is InChI=1S/C15H14ClN3/c1-19(11-13-4-2-3-5-15(13)16)10-12-6-7-18-14(8-12)9-17/h2-8H,10-11H2,1H3. The molecule has 0 N–H and O–H groups in total.